The Morgan fingerprint density at radius 3 is 3.00 bits per heavy atom. The van der Waals surface area contributed by atoms with E-state index < -0.39 is 5.97 Å². The normalized spacial score (nSPS) is 16.0. The van der Waals surface area contributed by atoms with Crippen molar-refractivity contribution in [1.82, 2.24) is 10.4 Å². The number of nitrogens with zero attached hydrogens (tertiary/aromatic N) is 1. The Morgan fingerprint density at radius 2 is 2.55 bits per heavy atom. The van der Waals surface area contributed by atoms with Crippen molar-refractivity contribution >= 4 is 11.8 Å². The van der Waals surface area contributed by atoms with E-state index in [1.54, 1.807) is 0 Å². The van der Waals surface area contributed by atoms with E-state index in [1.165, 1.54) is 17.3 Å². The third-order valence-electron chi connectivity index (χ3n) is 1.20. The van der Waals surface area contributed by atoms with E-state index in [2.05, 4.69) is 5.43 Å². The van der Waals surface area contributed by atoms with Gasteiger partial charge in [-0.05, 0) is 0 Å². The molecule has 60 valence electrons. The zero-order valence-corrected chi connectivity index (χ0v) is 5.78. The van der Waals surface area contributed by atoms with Gasteiger partial charge in [0.1, 0.15) is 6.54 Å². The lowest BCUT2D eigenvalue weighted by atomic mass is 10.4. The third kappa shape index (κ3) is 2.38. The monoisotopic (exact) mass is 156 g/mol. The average Bonchev–Trinajstić information content (AvgIpc) is 2.31. The van der Waals surface area contributed by atoms with Gasteiger partial charge in [-0.25, -0.2) is 5.43 Å². The van der Waals surface area contributed by atoms with Gasteiger partial charge in [0.25, 0.3) is 0 Å². The summed E-state index contributed by atoms with van der Waals surface area (Å²) < 4.78 is 0. The molecule has 0 aliphatic carbocycles. The Labute approximate surface area is 63.3 Å². The van der Waals surface area contributed by atoms with Crippen molar-refractivity contribution < 1.29 is 14.7 Å². The molecule has 0 radical (unpaired) electrons. The van der Waals surface area contributed by atoms with Crippen LogP contribution in [0.3, 0.4) is 0 Å². The fraction of sp³-hybridized carbons (Fsp3) is 0.333. The van der Waals surface area contributed by atoms with Gasteiger partial charge in [0, 0.05) is 12.3 Å². The molecule has 0 unspecified atom stereocenters. The van der Waals surface area contributed by atoms with Crippen molar-refractivity contribution in [1.29, 1.82) is 0 Å². The summed E-state index contributed by atoms with van der Waals surface area (Å²) in [5.74, 6) is -0.972. The second-order valence-corrected chi connectivity index (χ2v) is 2.14. The summed E-state index contributed by atoms with van der Waals surface area (Å²) in [6, 6.07) is 0. The molecule has 0 amide bonds. The van der Waals surface area contributed by atoms with Crippen LogP contribution in [0.15, 0.2) is 12.3 Å². The van der Waals surface area contributed by atoms with Crippen LogP contribution in [0.2, 0.25) is 0 Å². The highest BCUT2D eigenvalue weighted by atomic mass is 16.4. The van der Waals surface area contributed by atoms with Gasteiger partial charge < -0.3 is 10.1 Å². The van der Waals surface area contributed by atoms with E-state index in [0.29, 0.717) is 0 Å². The van der Waals surface area contributed by atoms with Gasteiger partial charge in [-0.3, -0.25) is 9.59 Å². The Hall–Kier alpha value is -1.36. The van der Waals surface area contributed by atoms with Crippen LogP contribution in [0.1, 0.15) is 0 Å². The highest BCUT2D eigenvalue weighted by molar-refractivity contribution is 5.93. The van der Waals surface area contributed by atoms with Gasteiger partial charge >= 0.3 is 5.97 Å². The van der Waals surface area contributed by atoms with Crippen LogP contribution in [0.5, 0.6) is 0 Å². The van der Waals surface area contributed by atoms with Crippen LogP contribution < -0.4 is 5.43 Å². The number of hydrogen-bond donors (Lipinski definition) is 2. The van der Waals surface area contributed by atoms with Gasteiger partial charge in [0.2, 0.25) is 0 Å². The van der Waals surface area contributed by atoms with Crippen molar-refractivity contribution in [3.63, 3.8) is 0 Å². The fourth-order valence-corrected chi connectivity index (χ4v) is 0.724. The summed E-state index contributed by atoms with van der Waals surface area (Å²) in [4.78, 5) is 20.6. The molecule has 1 aliphatic heterocycles. The predicted octanol–water partition coefficient (Wildman–Crippen LogP) is -1.03. The number of ketones is 1. The Morgan fingerprint density at radius 1 is 1.82 bits per heavy atom. The molecule has 0 saturated heterocycles. The minimum atomic E-state index is -0.947. The summed E-state index contributed by atoms with van der Waals surface area (Å²) in [5.41, 5.74) is 2.54. The van der Waals surface area contributed by atoms with Crippen molar-refractivity contribution in [3.05, 3.63) is 12.3 Å². The number of carbonyl (C=O) groups is 2. The van der Waals surface area contributed by atoms with Crippen LogP contribution >= 0.6 is 0 Å². The van der Waals surface area contributed by atoms with Crippen molar-refractivity contribution in [2.45, 2.75) is 0 Å². The number of carbonyl (C=O) groups excluding carboxylic acids is 1. The third-order valence-corrected chi connectivity index (χ3v) is 1.20. The van der Waals surface area contributed by atoms with Gasteiger partial charge in [-0.15, -0.1) is 0 Å². The maximum Gasteiger partial charge on any atom is 0.319 e. The molecule has 0 bridgehead atoms. The smallest absolute Gasteiger partial charge is 0.319 e. The molecule has 0 aromatic carbocycles. The first-order chi connectivity index (χ1) is 5.18. The fourth-order valence-electron chi connectivity index (χ4n) is 0.724. The molecule has 1 heterocycles. The summed E-state index contributed by atoms with van der Waals surface area (Å²) in [7, 11) is 0. The standard InChI is InChI=1S/C6H8N2O3/c9-5-1-2-8(4-5)7-3-6(10)11/h1-2,7H,3-4H2,(H,10,11). The van der Waals surface area contributed by atoms with Gasteiger partial charge in [-0.2, -0.15) is 0 Å². The molecule has 0 atom stereocenters. The topological polar surface area (TPSA) is 69.6 Å². The predicted molar refractivity (Wildman–Crippen MR) is 36.5 cm³/mol. The van der Waals surface area contributed by atoms with Crippen molar-refractivity contribution in [2.24, 2.45) is 0 Å². The molecule has 0 spiro atoms. The number of nitrogens with one attached hydrogen (secondary N) is 1. The average molecular weight is 156 g/mol. The maximum absolute atomic E-state index is 10.6. The van der Waals surface area contributed by atoms with E-state index >= 15 is 0 Å². The summed E-state index contributed by atoms with van der Waals surface area (Å²) >= 11 is 0. The van der Waals surface area contributed by atoms with Crippen LogP contribution in [-0.4, -0.2) is 35.0 Å². The van der Waals surface area contributed by atoms with Crippen LogP contribution in [0.4, 0.5) is 0 Å². The number of carboxylic acids is 1. The van der Waals surface area contributed by atoms with E-state index in [4.69, 9.17) is 5.11 Å². The number of rotatable bonds is 3. The highest BCUT2D eigenvalue weighted by Crippen LogP contribution is 1.95. The molecule has 1 aliphatic rings. The van der Waals surface area contributed by atoms with E-state index in [0.717, 1.165) is 0 Å². The van der Waals surface area contributed by atoms with Crippen molar-refractivity contribution in [2.75, 3.05) is 13.1 Å². The summed E-state index contributed by atoms with van der Waals surface area (Å²) in [5, 5.41) is 9.68. The van der Waals surface area contributed by atoms with Gasteiger partial charge in [0.15, 0.2) is 5.78 Å². The lowest BCUT2D eigenvalue weighted by Crippen LogP contribution is -2.37. The Bertz CT molecular complexity index is 212. The highest BCUT2D eigenvalue weighted by Gasteiger charge is 2.11. The Kier molecular flexibility index (Phi) is 2.22. The SMILES string of the molecule is O=C(O)CNN1C=CC(=O)C1. The van der Waals surface area contributed by atoms with Gasteiger partial charge in [-0.1, -0.05) is 0 Å². The largest absolute Gasteiger partial charge is 0.480 e. The summed E-state index contributed by atoms with van der Waals surface area (Å²) in [6.07, 6.45) is 2.92. The lowest BCUT2D eigenvalue weighted by Gasteiger charge is -2.13. The van der Waals surface area contributed by atoms with Crippen molar-refractivity contribution in [3.8, 4) is 0 Å². The zero-order chi connectivity index (χ0) is 8.27. The second kappa shape index (κ2) is 3.16. The molecule has 0 aromatic heterocycles. The molecule has 11 heavy (non-hydrogen) atoms. The first-order valence-electron chi connectivity index (χ1n) is 3.11. The van der Waals surface area contributed by atoms with Crippen LogP contribution in [0, 0.1) is 0 Å². The second-order valence-electron chi connectivity index (χ2n) is 2.14. The zero-order valence-electron chi connectivity index (χ0n) is 5.78. The first kappa shape index (κ1) is 7.74. The maximum atomic E-state index is 10.6. The minimum absolute atomic E-state index is 0.0251. The molecule has 2 N–H and O–H groups in total. The Balaban J connectivity index is 2.24. The molecule has 0 aromatic rings. The van der Waals surface area contributed by atoms with E-state index in [1.807, 2.05) is 0 Å². The molecule has 0 fully saturated rings. The van der Waals surface area contributed by atoms with Crippen LogP contribution in [-0.2, 0) is 9.59 Å². The van der Waals surface area contributed by atoms with Crippen LogP contribution in [0.25, 0.3) is 0 Å². The number of aliphatic carboxylic acids is 1. The molecule has 5 nitrogen and oxygen atoms in total. The first-order valence-corrected chi connectivity index (χ1v) is 3.11. The summed E-state index contributed by atoms with van der Waals surface area (Å²) in [6.45, 7) is 0.0465. The molecule has 1 rings (SSSR count). The lowest BCUT2D eigenvalue weighted by molar-refractivity contribution is -0.137. The van der Waals surface area contributed by atoms with E-state index in [-0.39, 0.29) is 18.9 Å². The van der Waals surface area contributed by atoms with Gasteiger partial charge in [0.05, 0.1) is 6.54 Å². The number of carboxylic acid groups (broad SMARTS) is 1. The molecular weight excluding hydrogens is 148 g/mol. The molecular formula is C6H8N2O3. The number of hydrazine groups is 1. The minimum Gasteiger partial charge on any atom is -0.480 e. The molecule has 0 saturated carbocycles. The molecule has 5 heteroatoms. The van der Waals surface area contributed by atoms with E-state index in [9.17, 15) is 9.59 Å². The quantitative estimate of drug-likeness (QED) is 0.547. The number of hydrogen-bond acceptors (Lipinski definition) is 4.